The van der Waals surface area contributed by atoms with Crippen molar-refractivity contribution in [3.8, 4) is 0 Å². The second-order valence-corrected chi connectivity index (χ2v) is 4.59. The van der Waals surface area contributed by atoms with Crippen molar-refractivity contribution in [2.24, 2.45) is 5.84 Å². The lowest BCUT2D eigenvalue weighted by atomic mass is 10.0. The second-order valence-electron chi connectivity index (χ2n) is 3.80. The molecule has 0 aliphatic carbocycles. The Hall–Kier alpha value is -1.17. The van der Waals surface area contributed by atoms with E-state index < -0.39 is 0 Å². The number of rotatable bonds is 3. The summed E-state index contributed by atoms with van der Waals surface area (Å²) in [6, 6.07) is 7.96. The van der Waals surface area contributed by atoms with Crippen molar-refractivity contribution in [2.45, 2.75) is 13.0 Å². The molecule has 0 aliphatic rings. The predicted molar refractivity (Wildman–Crippen MR) is 66.7 cm³/mol. The molecule has 0 spiro atoms. The molecule has 0 aliphatic heterocycles. The number of aryl methyl sites for hydroxylation is 1. The van der Waals surface area contributed by atoms with Crippen LogP contribution in [0.15, 0.2) is 39.4 Å². The molecule has 2 rings (SSSR count). The topological polar surface area (TPSA) is 51.2 Å². The summed E-state index contributed by atoms with van der Waals surface area (Å²) in [5, 5.41) is 0. The fourth-order valence-corrected chi connectivity index (χ4v) is 2.08. The van der Waals surface area contributed by atoms with Gasteiger partial charge in [-0.15, -0.1) is 0 Å². The van der Waals surface area contributed by atoms with Crippen LogP contribution in [0.5, 0.6) is 0 Å². The molecule has 1 aromatic heterocycles. The van der Waals surface area contributed by atoms with Crippen LogP contribution in [-0.4, -0.2) is 0 Å². The summed E-state index contributed by atoms with van der Waals surface area (Å²) < 4.78 is 19.4. The van der Waals surface area contributed by atoms with Gasteiger partial charge in [0.25, 0.3) is 0 Å². The highest BCUT2D eigenvalue weighted by Crippen LogP contribution is 2.26. The van der Waals surface area contributed by atoms with E-state index in [9.17, 15) is 4.39 Å². The van der Waals surface area contributed by atoms with Gasteiger partial charge in [0, 0.05) is 0 Å². The summed E-state index contributed by atoms with van der Waals surface area (Å²) in [7, 11) is 0. The Bertz CT molecular complexity index is 507. The van der Waals surface area contributed by atoms with Gasteiger partial charge in [-0.1, -0.05) is 6.07 Å². The first-order valence-corrected chi connectivity index (χ1v) is 5.88. The Morgan fingerprint density at radius 2 is 2.12 bits per heavy atom. The highest BCUT2D eigenvalue weighted by atomic mass is 79.9. The maximum Gasteiger partial charge on any atom is 0.169 e. The molecule has 1 heterocycles. The molecular formula is C12H12BrFN2O. The van der Waals surface area contributed by atoms with Crippen LogP contribution in [0, 0.1) is 12.7 Å². The van der Waals surface area contributed by atoms with Gasteiger partial charge in [0.1, 0.15) is 17.6 Å². The first kappa shape index (κ1) is 12.3. The molecule has 90 valence electrons. The number of benzene rings is 1. The Morgan fingerprint density at radius 1 is 1.35 bits per heavy atom. The maximum absolute atomic E-state index is 13.3. The number of hydrogen-bond acceptors (Lipinski definition) is 3. The Kier molecular flexibility index (Phi) is 3.61. The monoisotopic (exact) mass is 298 g/mol. The zero-order valence-electron chi connectivity index (χ0n) is 9.21. The van der Waals surface area contributed by atoms with Crippen LogP contribution in [0.25, 0.3) is 0 Å². The summed E-state index contributed by atoms with van der Waals surface area (Å²) in [6.45, 7) is 1.83. The summed E-state index contributed by atoms with van der Waals surface area (Å²) in [4.78, 5) is 0. The van der Waals surface area contributed by atoms with Gasteiger partial charge in [0.05, 0.1) is 0 Å². The first-order valence-electron chi connectivity index (χ1n) is 5.08. The smallest absolute Gasteiger partial charge is 0.169 e. The van der Waals surface area contributed by atoms with Gasteiger partial charge in [-0.05, 0) is 58.2 Å². The van der Waals surface area contributed by atoms with Gasteiger partial charge in [-0.3, -0.25) is 5.84 Å². The third kappa shape index (κ3) is 2.74. The molecule has 3 N–H and O–H groups in total. The van der Waals surface area contributed by atoms with E-state index in [4.69, 9.17) is 10.3 Å². The largest absolute Gasteiger partial charge is 0.452 e. The fourth-order valence-electron chi connectivity index (χ4n) is 1.76. The van der Waals surface area contributed by atoms with Crippen molar-refractivity contribution >= 4 is 15.9 Å². The molecule has 0 saturated carbocycles. The van der Waals surface area contributed by atoms with E-state index in [1.165, 1.54) is 12.1 Å². The predicted octanol–water partition coefficient (Wildman–Crippen LogP) is 3.04. The molecule has 3 nitrogen and oxygen atoms in total. The number of nitrogens with two attached hydrogens (primary N) is 1. The van der Waals surface area contributed by atoms with Gasteiger partial charge >= 0.3 is 0 Å². The lowest BCUT2D eigenvalue weighted by molar-refractivity contribution is 0.436. The van der Waals surface area contributed by atoms with Crippen molar-refractivity contribution < 1.29 is 8.81 Å². The molecule has 0 amide bonds. The third-order valence-electron chi connectivity index (χ3n) is 2.44. The van der Waals surface area contributed by atoms with Crippen molar-refractivity contribution in [1.29, 1.82) is 0 Å². The van der Waals surface area contributed by atoms with Crippen LogP contribution < -0.4 is 11.3 Å². The number of hydrogen-bond donors (Lipinski definition) is 2. The molecule has 1 aromatic carbocycles. The minimum Gasteiger partial charge on any atom is -0.452 e. The van der Waals surface area contributed by atoms with Crippen molar-refractivity contribution in [1.82, 2.24) is 5.43 Å². The first-order chi connectivity index (χ1) is 8.10. The maximum atomic E-state index is 13.3. The molecule has 1 atom stereocenters. The van der Waals surface area contributed by atoms with E-state index in [2.05, 4.69) is 21.4 Å². The third-order valence-corrected chi connectivity index (χ3v) is 2.87. The average Bonchev–Trinajstić information content (AvgIpc) is 2.64. The van der Waals surface area contributed by atoms with Gasteiger partial charge in [0.15, 0.2) is 4.67 Å². The number of furan rings is 1. The summed E-state index contributed by atoms with van der Waals surface area (Å²) in [5.74, 6) is 5.84. The molecule has 2 aromatic rings. The second kappa shape index (κ2) is 5.00. The Labute approximate surface area is 107 Å². The number of nitrogens with one attached hydrogen (secondary N) is 1. The van der Waals surface area contributed by atoms with E-state index in [-0.39, 0.29) is 11.9 Å². The van der Waals surface area contributed by atoms with Gasteiger partial charge < -0.3 is 4.42 Å². The van der Waals surface area contributed by atoms with Crippen LogP contribution in [-0.2, 0) is 0 Å². The van der Waals surface area contributed by atoms with E-state index in [0.717, 1.165) is 11.1 Å². The minimum absolute atomic E-state index is 0.286. The highest BCUT2D eigenvalue weighted by molar-refractivity contribution is 9.10. The Balaban J connectivity index is 2.41. The van der Waals surface area contributed by atoms with Crippen LogP contribution in [0.3, 0.4) is 0 Å². The normalized spacial score (nSPS) is 12.7. The molecule has 17 heavy (non-hydrogen) atoms. The van der Waals surface area contributed by atoms with Crippen molar-refractivity contribution in [2.75, 3.05) is 0 Å². The van der Waals surface area contributed by atoms with E-state index in [1.54, 1.807) is 12.1 Å². The summed E-state index contributed by atoms with van der Waals surface area (Å²) >= 11 is 3.22. The lowest BCUT2D eigenvalue weighted by Gasteiger charge is -2.14. The van der Waals surface area contributed by atoms with Crippen molar-refractivity contribution in [3.63, 3.8) is 0 Å². The van der Waals surface area contributed by atoms with E-state index >= 15 is 0 Å². The quantitative estimate of drug-likeness (QED) is 0.676. The van der Waals surface area contributed by atoms with Crippen LogP contribution in [0.2, 0.25) is 0 Å². The average molecular weight is 299 g/mol. The Morgan fingerprint density at radius 3 is 2.65 bits per heavy atom. The van der Waals surface area contributed by atoms with Gasteiger partial charge in [0.2, 0.25) is 0 Å². The summed E-state index contributed by atoms with van der Waals surface area (Å²) in [6.07, 6.45) is 0. The minimum atomic E-state index is -0.365. The van der Waals surface area contributed by atoms with Gasteiger partial charge in [-0.2, -0.15) is 0 Å². The highest BCUT2D eigenvalue weighted by Gasteiger charge is 2.17. The molecular weight excluding hydrogens is 287 g/mol. The van der Waals surface area contributed by atoms with Gasteiger partial charge in [-0.25, -0.2) is 9.82 Å². The standard InChI is InChI=1S/C12H12BrFN2O/c1-7-4-8(6-9(14)5-7)12(16-15)10-2-3-11(13)17-10/h2-6,12,16H,15H2,1H3. The SMILES string of the molecule is Cc1cc(F)cc(C(NN)c2ccc(Br)o2)c1. The van der Waals surface area contributed by atoms with E-state index in [0.29, 0.717) is 10.4 Å². The molecule has 5 heteroatoms. The van der Waals surface area contributed by atoms with Crippen LogP contribution in [0.4, 0.5) is 4.39 Å². The van der Waals surface area contributed by atoms with Crippen molar-refractivity contribution in [3.05, 3.63) is 57.7 Å². The zero-order chi connectivity index (χ0) is 12.4. The molecule has 0 saturated heterocycles. The molecule has 0 radical (unpaired) electrons. The van der Waals surface area contributed by atoms with Crippen LogP contribution >= 0.6 is 15.9 Å². The van der Waals surface area contributed by atoms with Crippen LogP contribution in [0.1, 0.15) is 22.9 Å². The molecule has 0 bridgehead atoms. The van der Waals surface area contributed by atoms with E-state index in [1.807, 2.05) is 13.0 Å². The molecule has 1 unspecified atom stereocenters. The lowest BCUT2D eigenvalue weighted by Crippen LogP contribution is -2.28. The number of hydrazine groups is 1. The fraction of sp³-hybridized carbons (Fsp3) is 0.167. The molecule has 0 fully saturated rings. The summed E-state index contributed by atoms with van der Waals surface area (Å²) in [5.41, 5.74) is 4.19. The number of halogens is 2. The zero-order valence-corrected chi connectivity index (χ0v) is 10.8.